The Hall–Kier alpha value is -1.40. The number of hydrogen-bond acceptors (Lipinski definition) is 6. The van der Waals surface area contributed by atoms with Crippen LogP contribution in [0.2, 0.25) is 0 Å². The molecular formula is C14H20N4OS. The monoisotopic (exact) mass is 292 g/mol. The zero-order chi connectivity index (χ0) is 14.1. The van der Waals surface area contributed by atoms with Crippen molar-refractivity contribution in [3.8, 4) is 0 Å². The lowest BCUT2D eigenvalue weighted by molar-refractivity contribution is 0.193. The number of aryl methyl sites for hydroxylation is 1. The molecule has 2 aromatic rings. The van der Waals surface area contributed by atoms with Crippen molar-refractivity contribution in [3.63, 3.8) is 0 Å². The van der Waals surface area contributed by atoms with E-state index in [1.54, 1.807) is 11.3 Å². The third-order valence-corrected chi connectivity index (χ3v) is 4.96. The van der Waals surface area contributed by atoms with Gasteiger partial charge in [0.2, 0.25) is 5.95 Å². The fourth-order valence-corrected chi connectivity index (χ4v) is 3.47. The molecule has 1 aliphatic rings. The molecule has 5 nitrogen and oxygen atoms in total. The van der Waals surface area contributed by atoms with Crippen LogP contribution in [-0.2, 0) is 11.2 Å². The Kier molecular flexibility index (Phi) is 3.76. The van der Waals surface area contributed by atoms with Crippen LogP contribution in [-0.4, -0.2) is 43.3 Å². The Morgan fingerprint density at radius 3 is 3.00 bits per heavy atom. The number of nitrogens with zero attached hydrogens (tertiary/aromatic N) is 3. The number of nitrogens with one attached hydrogen (secondary N) is 1. The predicted octanol–water partition coefficient (Wildman–Crippen LogP) is 2.52. The Bertz CT molecular complexity index is 606. The van der Waals surface area contributed by atoms with Crippen LogP contribution in [0, 0.1) is 0 Å². The van der Waals surface area contributed by atoms with Crippen molar-refractivity contribution < 1.29 is 4.74 Å². The Morgan fingerprint density at radius 2 is 2.35 bits per heavy atom. The number of likely N-dealkylation sites (N-methyl/N-ethyl adjacent to an activating group) is 1. The van der Waals surface area contributed by atoms with Gasteiger partial charge in [-0.25, -0.2) is 4.98 Å². The number of anilines is 2. The normalized spacial score (nSPS) is 18.6. The maximum Gasteiger partial charge on any atom is 0.225 e. The molecule has 0 radical (unpaired) electrons. The summed E-state index contributed by atoms with van der Waals surface area (Å²) >= 11 is 1.75. The van der Waals surface area contributed by atoms with E-state index in [1.807, 2.05) is 7.05 Å². The molecule has 1 unspecified atom stereocenters. The van der Waals surface area contributed by atoms with Crippen LogP contribution in [0.1, 0.15) is 18.2 Å². The number of hydrogen-bond donors (Lipinski definition) is 1. The smallest absolute Gasteiger partial charge is 0.225 e. The average molecular weight is 292 g/mol. The van der Waals surface area contributed by atoms with Gasteiger partial charge in [-0.3, -0.25) is 0 Å². The quantitative estimate of drug-likeness (QED) is 0.938. The van der Waals surface area contributed by atoms with Crippen molar-refractivity contribution in [1.29, 1.82) is 0 Å². The summed E-state index contributed by atoms with van der Waals surface area (Å²) in [5, 5.41) is 4.21. The molecule has 6 heteroatoms. The van der Waals surface area contributed by atoms with Crippen LogP contribution in [0.5, 0.6) is 0 Å². The molecule has 0 bridgehead atoms. The zero-order valence-electron chi connectivity index (χ0n) is 12.1. The largest absolute Gasteiger partial charge is 0.379 e. The first-order chi connectivity index (χ1) is 9.72. The molecule has 0 spiro atoms. The van der Waals surface area contributed by atoms with Gasteiger partial charge in [-0.05, 0) is 18.9 Å². The number of fused-ring (bicyclic) bond motifs is 1. The summed E-state index contributed by atoms with van der Waals surface area (Å²) in [6.45, 7) is 3.79. The highest BCUT2D eigenvalue weighted by Crippen LogP contribution is 2.33. The van der Waals surface area contributed by atoms with Crippen molar-refractivity contribution in [2.75, 3.05) is 37.5 Å². The number of aromatic nitrogens is 2. The minimum Gasteiger partial charge on any atom is -0.379 e. The van der Waals surface area contributed by atoms with Gasteiger partial charge < -0.3 is 15.0 Å². The van der Waals surface area contributed by atoms with Crippen LogP contribution < -0.4 is 10.2 Å². The Balaban J connectivity index is 2.08. The maximum atomic E-state index is 5.50. The lowest BCUT2D eigenvalue weighted by Crippen LogP contribution is -2.32. The van der Waals surface area contributed by atoms with Crippen molar-refractivity contribution in [2.24, 2.45) is 0 Å². The van der Waals surface area contributed by atoms with Gasteiger partial charge in [0.15, 0.2) is 0 Å². The molecule has 20 heavy (non-hydrogen) atoms. The minimum atomic E-state index is 0.405. The summed E-state index contributed by atoms with van der Waals surface area (Å²) in [6.07, 6.45) is 2.09. The standard InChI is InChI=1S/C14H20N4OS/c1-4-10-7-11-12(18(3)9-5-6-19-8-9)16-14(15-2)17-13(11)20-10/h7,9H,4-6,8H2,1-3H3,(H,15,16,17). The summed E-state index contributed by atoms with van der Waals surface area (Å²) in [5.41, 5.74) is 0. The molecule has 0 aliphatic carbocycles. The van der Waals surface area contributed by atoms with Crippen LogP contribution in [0.3, 0.4) is 0 Å². The van der Waals surface area contributed by atoms with Gasteiger partial charge in [0, 0.05) is 25.6 Å². The molecule has 1 fully saturated rings. The van der Waals surface area contributed by atoms with E-state index in [0.29, 0.717) is 12.0 Å². The van der Waals surface area contributed by atoms with E-state index in [1.165, 1.54) is 4.88 Å². The van der Waals surface area contributed by atoms with Crippen LogP contribution in [0.4, 0.5) is 11.8 Å². The Labute approximate surface area is 123 Å². The lowest BCUT2D eigenvalue weighted by atomic mass is 10.2. The molecule has 0 saturated carbocycles. The second-order valence-electron chi connectivity index (χ2n) is 5.03. The van der Waals surface area contributed by atoms with Crippen molar-refractivity contribution in [2.45, 2.75) is 25.8 Å². The fourth-order valence-electron chi connectivity index (χ4n) is 2.51. The summed E-state index contributed by atoms with van der Waals surface area (Å²) in [5.74, 6) is 1.69. The highest BCUT2D eigenvalue weighted by Gasteiger charge is 2.24. The topological polar surface area (TPSA) is 50.3 Å². The summed E-state index contributed by atoms with van der Waals surface area (Å²) < 4.78 is 5.50. The van der Waals surface area contributed by atoms with E-state index >= 15 is 0 Å². The maximum absolute atomic E-state index is 5.50. The van der Waals surface area contributed by atoms with Gasteiger partial charge in [-0.1, -0.05) is 6.92 Å². The molecule has 1 saturated heterocycles. The van der Waals surface area contributed by atoms with Crippen LogP contribution in [0.25, 0.3) is 10.2 Å². The van der Waals surface area contributed by atoms with E-state index < -0.39 is 0 Å². The van der Waals surface area contributed by atoms with Gasteiger partial charge >= 0.3 is 0 Å². The zero-order valence-corrected chi connectivity index (χ0v) is 13.0. The van der Waals surface area contributed by atoms with Gasteiger partial charge in [0.25, 0.3) is 0 Å². The van der Waals surface area contributed by atoms with E-state index in [4.69, 9.17) is 4.74 Å². The Morgan fingerprint density at radius 1 is 1.50 bits per heavy atom. The van der Waals surface area contributed by atoms with Crippen LogP contribution in [0.15, 0.2) is 6.07 Å². The third kappa shape index (κ3) is 2.33. The number of rotatable bonds is 4. The molecule has 0 aromatic carbocycles. The second kappa shape index (κ2) is 5.54. The first-order valence-corrected chi connectivity index (χ1v) is 7.83. The highest BCUT2D eigenvalue weighted by molar-refractivity contribution is 7.18. The van der Waals surface area contributed by atoms with Crippen molar-refractivity contribution >= 4 is 33.3 Å². The van der Waals surface area contributed by atoms with Gasteiger partial charge in [-0.15, -0.1) is 11.3 Å². The van der Waals surface area contributed by atoms with Gasteiger partial charge in [0.05, 0.1) is 18.0 Å². The summed E-state index contributed by atoms with van der Waals surface area (Å²) in [7, 11) is 3.96. The molecule has 3 heterocycles. The third-order valence-electron chi connectivity index (χ3n) is 3.78. The molecule has 0 amide bonds. The highest BCUT2D eigenvalue weighted by atomic mass is 32.1. The fraction of sp³-hybridized carbons (Fsp3) is 0.571. The average Bonchev–Trinajstić information content (AvgIpc) is 3.13. The molecule has 2 aromatic heterocycles. The van der Waals surface area contributed by atoms with Gasteiger partial charge in [0.1, 0.15) is 10.6 Å². The van der Waals surface area contributed by atoms with E-state index in [0.717, 1.165) is 42.1 Å². The SMILES string of the molecule is CCc1cc2c(N(C)C3CCOC3)nc(NC)nc2s1. The van der Waals surface area contributed by atoms with E-state index in [-0.39, 0.29) is 0 Å². The number of thiophene rings is 1. The predicted molar refractivity (Wildman–Crippen MR) is 84.0 cm³/mol. The molecule has 1 N–H and O–H groups in total. The van der Waals surface area contributed by atoms with Crippen LogP contribution >= 0.6 is 11.3 Å². The molecule has 1 atom stereocenters. The number of ether oxygens (including phenoxy) is 1. The van der Waals surface area contributed by atoms with Gasteiger partial charge in [-0.2, -0.15) is 4.98 Å². The lowest BCUT2D eigenvalue weighted by Gasteiger charge is -2.25. The minimum absolute atomic E-state index is 0.405. The van der Waals surface area contributed by atoms with Crippen molar-refractivity contribution in [1.82, 2.24) is 9.97 Å². The first kappa shape index (κ1) is 13.6. The molecule has 1 aliphatic heterocycles. The van der Waals surface area contributed by atoms with E-state index in [9.17, 15) is 0 Å². The molecule has 3 rings (SSSR count). The second-order valence-corrected chi connectivity index (χ2v) is 6.15. The van der Waals surface area contributed by atoms with Crippen molar-refractivity contribution in [3.05, 3.63) is 10.9 Å². The van der Waals surface area contributed by atoms with E-state index in [2.05, 4.69) is 40.2 Å². The molecular weight excluding hydrogens is 272 g/mol. The summed E-state index contributed by atoms with van der Waals surface area (Å²) in [4.78, 5) is 13.9. The first-order valence-electron chi connectivity index (χ1n) is 7.01. The molecule has 108 valence electrons. The summed E-state index contributed by atoms with van der Waals surface area (Å²) in [6, 6.07) is 2.63.